The van der Waals surface area contributed by atoms with E-state index >= 15 is 0 Å². The SMILES string of the molecule is O=c1[nH]c2c(c(=O)[nH]1)[C@H]1c3ccccc3OC[C@H]1CO2. The number of aromatic nitrogens is 2. The summed E-state index contributed by atoms with van der Waals surface area (Å²) in [4.78, 5) is 28.3. The van der Waals surface area contributed by atoms with Gasteiger partial charge in [0.05, 0.1) is 18.8 Å². The lowest BCUT2D eigenvalue weighted by molar-refractivity contribution is 0.121. The Morgan fingerprint density at radius 1 is 1.05 bits per heavy atom. The maximum atomic E-state index is 12.2. The first-order valence-electron chi connectivity index (χ1n) is 6.45. The third-order valence-electron chi connectivity index (χ3n) is 3.87. The van der Waals surface area contributed by atoms with E-state index in [9.17, 15) is 9.59 Å². The van der Waals surface area contributed by atoms with E-state index in [1.165, 1.54) is 0 Å². The number of nitrogens with one attached hydrogen (secondary N) is 2. The van der Waals surface area contributed by atoms with Crippen molar-refractivity contribution in [3.05, 3.63) is 56.2 Å². The van der Waals surface area contributed by atoms with E-state index in [1.54, 1.807) is 0 Å². The second-order valence-electron chi connectivity index (χ2n) is 5.05. The van der Waals surface area contributed by atoms with Crippen molar-refractivity contribution >= 4 is 0 Å². The molecule has 1 aromatic heterocycles. The molecular weight excluding hydrogens is 260 g/mol. The molecule has 6 heteroatoms. The highest BCUT2D eigenvalue weighted by atomic mass is 16.5. The van der Waals surface area contributed by atoms with Crippen LogP contribution in [0.15, 0.2) is 33.9 Å². The first-order valence-corrected chi connectivity index (χ1v) is 6.45. The molecule has 0 spiro atoms. The molecular formula is C14H12N2O4. The maximum Gasteiger partial charge on any atom is 0.328 e. The van der Waals surface area contributed by atoms with Gasteiger partial charge in [-0.2, -0.15) is 0 Å². The highest BCUT2D eigenvalue weighted by Crippen LogP contribution is 2.44. The molecule has 0 radical (unpaired) electrons. The van der Waals surface area contributed by atoms with Gasteiger partial charge in [-0.1, -0.05) is 18.2 Å². The zero-order chi connectivity index (χ0) is 13.7. The fourth-order valence-corrected chi connectivity index (χ4v) is 3.01. The predicted octanol–water partition coefficient (Wildman–Crippen LogP) is 0.596. The van der Waals surface area contributed by atoms with Crippen LogP contribution in [0.25, 0.3) is 0 Å². The molecule has 0 saturated carbocycles. The van der Waals surface area contributed by atoms with Gasteiger partial charge in [0.15, 0.2) is 0 Å². The van der Waals surface area contributed by atoms with Crippen molar-refractivity contribution in [1.29, 1.82) is 0 Å². The Hall–Kier alpha value is -2.50. The molecule has 2 aliphatic rings. The molecule has 6 nitrogen and oxygen atoms in total. The Labute approximate surface area is 113 Å². The third-order valence-corrected chi connectivity index (χ3v) is 3.87. The van der Waals surface area contributed by atoms with Crippen molar-refractivity contribution in [3.8, 4) is 11.6 Å². The van der Waals surface area contributed by atoms with Gasteiger partial charge in [0, 0.05) is 17.4 Å². The minimum Gasteiger partial charge on any atom is -0.493 e. The number of ether oxygens (including phenoxy) is 2. The van der Waals surface area contributed by atoms with Gasteiger partial charge < -0.3 is 9.47 Å². The van der Waals surface area contributed by atoms with Crippen molar-refractivity contribution in [3.63, 3.8) is 0 Å². The zero-order valence-electron chi connectivity index (χ0n) is 10.5. The maximum absolute atomic E-state index is 12.2. The van der Waals surface area contributed by atoms with Crippen molar-refractivity contribution in [2.75, 3.05) is 13.2 Å². The van der Waals surface area contributed by atoms with Crippen LogP contribution in [0.2, 0.25) is 0 Å². The summed E-state index contributed by atoms with van der Waals surface area (Å²) in [6.07, 6.45) is 0. The Bertz CT molecular complexity index is 792. The summed E-state index contributed by atoms with van der Waals surface area (Å²) in [5.41, 5.74) is 0.505. The summed E-state index contributed by atoms with van der Waals surface area (Å²) in [6.45, 7) is 0.922. The van der Waals surface area contributed by atoms with Crippen LogP contribution < -0.4 is 20.7 Å². The van der Waals surface area contributed by atoms with E-state index in [1.807, 2.05) is 24.3 Å². The average Bonchev–Trinajstić information content (AvgIpc) is 2.46. The van der Waals surface area contributed by atoms with E-state index in [0.29, 0.717) is 18.8 Å². The van der Waals surface area contributed by atoms with Gasteiger partial charge in [0.25, 0.3) is 5.56 Å². The minimum absolute atomic E-state index is 0.0735. The number of H-pyrrole nitrogens is 2. The average molecular weight is 272 g/mol. The molecule has 20 heavy (non-hydrogen) atoms. The molecule has 2 aromatic rings. The number of fused-ring (bicyclic) bond motifs is 5. The van der Waals surface area contributed by atoms with Crippen molar-refractivity contribution in [2.45, 2.75) is 5.92 Å². The molecule has 2 N–H and O–H groups in total. The Morgan fingerprint density at radius 2 is 1.85 bits per heavy atom. The summed E-state index contributed by atoms with van der Waals surface area (Å²) in [6, 6.07) is 7.66. The molecule has 2 atom stereocenters. The number of hydrogen-bond donors (Lipinski definition) is 2. The number of para-hydroxylation sites is 1. The smallest absolute Gasteiger partial charge is 0.328 e. The molecule has 0 fully saturated rings. The molecule has 3 heterocycles. The minimum atomic E-state index is -0.549. The quantitative estimate of drug-likeness (QED) is 0.735. The first-order chi connectivity index (χ1) is 9.74. The molecule has 0 amide bonds. The first kappa shape index (κ1) is 11.3. The van der Waals surface area contributed by atoms with Gasteiger partial charge in [0.2, 0.25) is 5.88 Å². The topological polar surface area (TPSA) is 84.2 Å². The molecule has 0 unspecified atom stereocenters. The van der Waals surface area contributed by atoms with Crippen LogP contribution >= 0.6 is 0 Å². The van der Waals surface area contributed by atoms with Gasteiger partial charge in [-0.15, -0.1) is 0 Å². The molecule has 0 aliphatic carbocycles. The Morgan fingerprint density at radius 3 is 2.75 bits per heavy atom. The fraction of sp³-hybridized carbons (Fsp3) is 0.286. The van der Waals surface area contributed by atoms with Crippen molar-refractivity contribution in [2.24, 2.45) is 5.92 Å². The number of benzene rings is 1. The zero-order valence-corrected chi connectivity index (χ0v) is 10.5. The molecule has 2 aliphatic heterocycles. The van der Waals surface area contributed by atoms with E-state index < -0.39 is 11.2 Å². The van der Waals surface area contributed by atoms with Gasteiger partial charge in [-0.05, 0) is 6.07 Å². The second kappa shape index (κ2) is 4.00. The summed E-state index contributed by atoms with van der Waals surface area (Å²) >= 11 is 0. The second-order valence-corrected chi connectivity index (χ2v) is 5.05. The Balaban J connectivity index is 1.99. The normalized spacial score (nSPS) is 22.8. The van der Waals surface area contributed by atoms with Gasteiger partial charge in [-0.25, -0.2) is 4.79 Å². The summed E-state index contributed by atoms with van der Waals surface area (Å²) in [7, 11) is 0. The van der Waals surface area contributed by atoms with Crippen LogP contribution in [0, 0.1) is 5.92 Å². The number of hydrogen-bond acceptors (Lipinski definition) is 4. The van der Waals surface area contributed by atoms with Crippen molar-refractivity contribution < 1.29 is 9.47 Å². The number of rotatable bonds is 0. The van der Waals surface area contributed by atoms with Crippen LogP contribution in [-0.4, -0.2) is 23.2 Å². The van der Waals surface area contributed by atoms with Crippen LogP contribution in [0.3, 0.4) is 0 Å². The van der Waals surface area contributed by atoms with E-state index in [0.717, 1.165) is 11.3 Å². The highest BCUT2D eigenvalue weighted by molar-refractivity contribution is 5.47. The standard InChI is InChI=1S/C14H12N2O4/c17-12-11-10-7(6-20-13(11)16-14(18)15-12)5-19-9-4-2-1-3-8(9)10/h1-4,7,10H,5-6H2,(H2,15,16,17,18)/t7-,10+/m0/s1. The van der Waals surface area contributed by atoms with Crippen molar-refractivity contribution in [1.82, 2.24) is 9.97 Å². The molecule has 102 valence electrons. The van der Waals surface area contributed by atoms with Crippen LogP contribution in [-0.2, 0) is 0 Å². The van der Waals surface area contributed by atoms with Crippen LogP contribution in [0.5, 0.6) is 11.6 Å². The van der Waals surface area contributed by atoms with Gasteiger partial charge >= 0.3 is 5.69 Å². The summed E-state index contributed by atoms with van der Waals surface area (Å²) in [5.74, 6) is 1.03. The lowest BCUT2D eigenvalue weighted by Gasteiger charge is -2.36. The monoisotopic (exact) mass is 272 g/mol. The van der Waals surface area contributed by atoms with Gasteiger partial charge in [0.1, 0.15) is 5.75 Å². The summed E-state index contributed by atoms with van der Waals surface area (Å²) < 4.78 is 11.2. The van der Waals surface area contributed by atoms with E-state index in [-0.39, 0.29) is 17.7 Å². The molecule has 0 saturated heterocycles. The third kappa shape index (κ3) is 1.51. The van der Waals surface area contributed by atoms with E-state index in [4.69, 9.17) is 9.47 Å². The Kier molecular flexibility index (Phi) is 2.26. The fourth-order valence-electron chi connectivity index (χ4n) is 3.01. The highest BCUT2D eigenvalue weighted by Gasteiger charge is 2.39. The molecule has 1 aromatic carbocycles. The number of aromatic amines is 2. The van der Waals surface area contributed by atoms with Gasteiger partial charge in [-0.3, -0.25) is 14.8 Å². The van der Waals surface area contributed by atoms with Crippen LogP contribution in [0.4, 0.5) is 0 Å². The lowest BCUT2D eigenvalue weighted by Crippen LogP contribution is -2.40. The summed E-state index contributed by atoms with van der Waals surface area (Å²) in [5, 5.41) is 0. The lowest BCUT2D eigenvalue weighted by atomic mass is 9.79. The molecule has 4 rings (SSSR count). The van der Waals surface area contributed by atoms with Crippen LogP contribution in [0.1, 0.15) is 17.0 Å². The predicted molar refractivity (Wildman–Crippen MR) is 70.4 cm³/mol. The van der Waals surface area contributed by atoms with E-state index in [2.05, 4.69) is 9.97 Å². The molecule has 0 bridgehead atoms. The largest absolute Gasteiger partial charge is 0.493 e.